The van der Waals surface area contributed by atoms with Gasteiger partial charge in [0, 0.05) is 12.1 Å². The van der Waals surface area contributed by atoms with Gasteiger partial charge < -0.3 is 11.1 Å². The van der Waals surface area contributed by atoms with Crippen LogP contribution < -0.4 is 11.1 Å². The Hall–Kier alpha value is -0.930. The molecule has 0 bridgehead atoms. The molecule has 0 aliphatic heterocycles. The van der Waals surface area contributed by atoms with Crippen LogP contribution in [0.15, 0.2) is 24.3 Å². The number of hydrogen-bond acceptors (Lipinski definition) is 2. The summed E-state index contributed by atoms with van der Waals surface area (Å²) in [6, 6.07) is 6.54. The quantitative estimate of drug-likeness (QED) is 0.780. The maximum atomic E-state index is 12.6. The van der Waals surface area contributed by atoms with Crippen molar-refractivity contribution in [3.63, 3.8) is 0 Å². The smallest absolute Gasteiger partial charge is 0.123 e. The van der Waals surface area contributed by atoms with Crippen LogP contribution in [0.1, 0.15) is 25.8 Å². The molecule has 1 rings (SSSR count). The van der Waals surface area contributed by atoms with Crippen molar-refractivity contribution in [2.75, 3.05) is 6.54 Å². The summed E-state index contributed by atoms with van der Waals surface area (Å²) in [5.74, 6) is -0.194. The summed E-state index contributed by atoms with van der Waals surface area (Å²) in [7, 11) is 0. The summed E-state index contributed by atoms with van der Waals surface area (Å²) in [5, 5.41) is 3.39. The largest absolute Gasteiger partial charge is 0.330 e. The van der Waals surface area contributed by atoms with Crippen LogP contribution in [0.25, 0.3) is 0 Å². The zero-order valence-electron chi connectivity index (χ0n) is 9.39. The Kier molecular flexibility index (Phi) is 4.24. The summed E-state index contributed by atoms with van der Waals surface area (Å²) >= 11 is 0. The van der Waals surface area contributed by atoms with Crippen molar-refractivity contribution in [2.24, 2.45) is 5.73 Å². The van der Waals surface area contributed by atoms with Gasteiger partial charge in [-0.25, -0.2) is 4.39 Å². The molecule has 0 radical (unpaired) electrons. The number of nitrogens with one attached hydrogen (secondary N) is 1. The molecule has 15 heavy (non-hydrogen) atoms. The summed E-state index contributed by atoms with van der Waals surface area (Å²) in [4.78, 5) is 0. The predicted octanol–water partition coefficient (Wildman–Crippen LogP) is 2.04. The zero-order valence-corrected chi connectivity index (χ0v) is 9.39. The average molecular weight is 210 g/mol. The second kappa shape index (κ2) is 5.24. The van der Waals surface area contributed by atoms with Gasteiger partial charge in [0.05, 0.1) is 0 Å². The van der Waals surface area contributed by atoms with E-state index in [0.29, 0.717) is 6.54 Å². The van der Waals surface area contributed by atoms with Crippen LogP contribution in [0.5, 0.6) is 0 Å². The molecule has 3 heteroatoms. The molecule has 0 saturated heterocycles. The summed E-state index contributed by atoms with van der Waals surface area (Å²) < 4.78 is 12.6. The lowest BCUT2D eigenvalue weighted by Gasteiger charge is -2.25. The molecule has 0 spiro atoms. The molecule has 0 aliphatic rings. The van der Waals surface area contributed by atoms with Crippen LogP contribution in [0, 0.1) is 5.82 Å². The highest BCUT2D eigenvalue weighted by atomic mass is 19.1. The van der Waals surface area contributed by atoms with Crippen molar-refractivity contribution < 1.29 is 4.39 Å². The maximum Gasteiger partial charge on any atom is 0.123 e. The average Bonchev–Trinajstić information content (AvgIpc) is 2.17. The fourth-order valence-electron chi connectivity index (χ4n) is 1.39. The molecular formula is C12H19FN2. The third-order valence-corrected chi connectivity index (χ3v) is 2.45. The van der Waals surface area contributed by atoms with Gasteiger partial charge >= 0.3 is 0 Å². The Morgan fingerprint density at radius 3 is 2.40 bits per heavy atom. The van der Waals surface area contributed by atoms with Gasteiger partial charge in [0.15, 0.2) is 0 Å². The molecule has 0 saturated carbocycles. The van der Waals surface area contributed by atoms with Crippen LogP contribution in [0.3, 0.4) is 0 Å². The molecule has 0 heterocycles. The van der Waals surface area contributed by atoms with Crippen LogP contribution in [0.2, 0.25) is 0 Å². The van der Waals surface area contributed by atoms with Crippen LogP contribution in [-0.2, 0) is 6.54 Å². The van der Waals surface area contributed by atoms with E-state index in [-0.39, 0.29) is 11.4 Å². The molecule has 0 aliphatic carbocycles. The molecule has 2 nitrogen and oxygen atoms in total. The maximum absolute atomic E-state index is 12.6. The molecule has 0 aromatic heterocycles. The molecule has 84 valence electrons. The van der Waals surface area contributed by atoms with Crippen molar-refractivity contribution >= 4 is 0 Å². The van der Waals surface area contributed by atoms with Gasteiger partial charge in [-0.05, 0) is 44.5 Å². The third-order valence-electron chi connectivity index (χ3n) is 2.45. The van der Waals surface area contributed by atoms with Crippen molar-refractivity contribution in [3.8, 4) is 0 Å². The van der Waals surface area contributed by atoms with Gasteiger partial charge in [-0.15, -0.1) is 0 Å². The molecule has 0 unspecified atom stereocenters. The van der Waals surface area contributed by atoms with Crippen LogP contribution in [0.4, 0.5) is 4.39 Å². The second-order valence-corrected chi connectivity index (χ2v) is 4.40. The van der Waals surface area contributed by atoms with E-state index < -0.39 is 0 Å². The zero-order chi connectivity index (χ0) is 11.3. The highest BCUT2D eigenvalue weighted by molar-refractivity contribution is 5.16. The Morgan fingerprint density at radius 2 is 1.87 bits per heavy atom. The molecule has 3 N–H and O–H groups in total. The molecule has 0 atom stereocenters. The minimum absolute atomic E-state index is 0.0309. The van der Waals surface area contributed by atoms with Crippen molar-refractivity contribution in [1.82, 2.24) is 5.32 Å². The van der Waals surface area contributed by atoms with E-state index in [9.17, 15) is 4.39 Å². The van der Waals surface area contributed by atoms with Crippen molar-refractivity contribution in [3.05, 3.63) is 35.6 Å². The number of benzene rings is 1. The predicted molar refractivity (Wildman–Crippen MR) is 61.0 cm³/mol. The number of nitrogens with two attached hydrogens (primary N) is 1. The lowest BCUT2D eigenvalue weighted by molar-refractivity contribution is 0.365. The Bertz CT molecular complexity index is 293. The second-order valence-electron chi connectivity index (χ2n) is 4.40. The molecule has 1 aromatic rings. The summed E-state index contributed by atoms with van der Waals surface area (Å²) in [5.41, 5.74) is 6.63. The minimum Gasteiger partial charge on any atom is -0.330 e. The van der Waals surface area contributed by atoms with Crippen LogP contribution in [-0.4, -0.2) is 12.1 Å². The van der Waals surface area contributed by atoms with E-state index >= 15 is 0 Å². The Morgan fingerprint density at radius 1 is 1.27 bits per heavy atom. The fraction of sp³-hybridized carbons (Fsp3) is 0.500. The molecular weight excluding hydrogens is 191 g/mol. The summed E-state index contributed by atoms with van der Waals surface area (Å²) in [6.45, 7) is 5.64. The number of halogens is 1. The first kappa shape index (κ1) is 12.1. The first-order valence-electron chi connectivity index (χ1n) is 5.23. The first-order chi connectivity index (χ1) is 7.03. The third kappa shape index (κ3) is 4.40. The monoisotopic (exact) mass is 210 g/mol. The Balaban J connectivity index is 2.46. The SMILES string of the molecule is CC(C)(CCN)NCc1ccc(F)cc1. The van der Waals surface area contributed by atoms with Gasteiger partial charge in [0.2, 0.25) is 0 Å². The van der Waals surface area contributed by atoms with Crippen molar-refractivity contribution in [2.45, 2.75) is 32.4 Å². The lowest BCUT2D eigenvalue weighted by atomic mass is 10.0. The van der Waals surface area contributed by atoms with Gasteiger partial charge in [0.25, 0.3) is 0 Å². The Labute approximate surface area is 90.7 Å². The van der Waals surface area contributed by atoms with E-state index in [1.54, 1.807) is 12.1 Å². The summed E-state index contributed by atoms with van der Waals surface area (Å²) in [6.07, 6.45) is 0.925. The normalized spacial score (nSPS) is 11.7. The number of hydrogen-bond donors (Lipinski definition) is 2. The first-order valence-corrected chi connectivity index (χ1v) is 5.23. The molecule has 0 fully saturated rings. The highest BCUT2D eigenvalue weighted by Crippen LogP contribution is 2.09. The van der Waals surface area contributed by atoms with E-state index in [4.69, 9.17) is 5.73 Å². The van der Waals surface area contributed by atoms with Crippen LogP contribution >= 0.6 is 0 Å². The number of rotatable bonds is 5. The van der Waals surface area contributed by atoms with E-state index in [1.165, 1.54) is 12.1 Å². The van der Waals surface area contributed by atoms with E-state index in [2.05, 4.69) is 19.2 Å². The van der Waals surface area contributed by atoms with E-state index in [0.717, 1.165) is 18.5 Å². The van der Waals surface area contributed by atoms with Crippen molar-refractivity contribution in [1.29, 1.82) is 0 Å². The lowest BCUT2D eigenvalue weighted by Crippen LogP contribution is -2.40. The van der Waals surface area contributed by atoms with Gasteiger partial charge in [-0.2, -0.15) is 0 Å². The van der Waals surface area contributed by atoms with Gasteiger partial charge in [0.1, 0.15) is 5.82 Å². The molecule has 0 amide bonds. The highest BCUT2D eigenvalue weighted by Gasteiger charge is 2.14. The topological polar surface area (TPSA) is 38.0 Å². The minimum atomic E-state index is -0.194. The van der Waals surface area contributed by atoms with Gasteiger partial charge in [-0.1, -0.05) is 12.1 Å². The molecule has 1 aromatic carbocycles. The fourth-order valence-corrected chi connectivity index (χ4v) is 1.39. The standard InChI is InChI=1S/C12H19FN2/c1-12(2,7-8-14)15-9-10-3-5-11(13)6-4-10/h3-6,15H,7-9,14H2,1-2H3. The van der Waals surface area contributed by atoms with E-state index in [1.807, 2.05) is 0 Å². The van der Waals surface area contributed by atoms with Gasteiger partial charge in [-0.3, -0.25) is 0 Å².